The molecule has 0 aliphatic carbocycles. The third-order valence-electron chi connectivity index (χ3n) is 3.73. The molecule has 6 nitrogen and oxygen atoms in total. The van der Waals surface area contributed by atoms with E-state index in [9.17, 15) is 13.2 Å². The molecule has 112 valence electrons. The van der Waals surface area contributed by atoms with Crippen molar-refractivity contribution in [2.24, 2.45) is 11.1 Å². The van der Waals surface area contributed by atoms with E-state index in [1.807, 2.05) is 6.07 Å². The van der Waals surface area contributed by atoms with Crippen LogP contribution in [0.3, 0.4) is 0 Å². The van der Waals surface area contributed by atoms with E-state index in [2.05, 4.69) is 0 Å². The second kappa shape index (κ2) is 5.30. The van der Waals surface area contributed by atoms with Crippen LogP contribution in [0.1, 0.15) is 18.9 Å². The highest BCUT2D eigenvalue weighted by molar-refractivity contribution is 7.89. The van der Waals surface area contributed by atoms with Crippen molar-refractivity contribution in [2.45, 2.75) is 18.2 Å². The summed E-state index contributed by atoms with van der Waals surface area (Å²) >= 11 is 5.87. The van der Waals surface area contributed by atoms with E-state index in [0.717, 1.165) is 0 Å². The van der Waals surface area contributed by atoms with Crippen molar-refractivity contribution < 1.29 is 13.2 Å². The number of benzene rings is 1. The molecule has 0 radical (unpaired) electrons. The Bertz CT molecular complexity index is 742. The molecule has 1 unspecified atom stereocenters. The first-order valence-electron chi connectivity index (χ1n) is 6.20. The average molecular weight is 328 g/mol. The molecule has 2 rings (SSSR count). The second-order valence-electron chi connectivity index (χ2n) is 5.27. The summed E-state index contributed by atoms with van der Waals surface area (Å²) in [5.41, 5.74) is 4.67. The molecule has 0 saturated carbocycles. The fraction of sp³-hybridized carbons (Fsp3) is 0.385. The van der Waals surface area contributed by atoms with E-state index in [1.165, 1.54) is 22.5 Å². The van der Waals surface area contributed by atoms with Gasteiger partial charge >= 0.3 is 0 Å². The molecule has 1 aliphatic heterocycles. The van der Waals surface area contributed by atoms with Crippen LogP contribution in [0.4, 0.5) is 0 Å². The molecular formula is C13H14ClN3O3S. The Balaban J connectivity index is 2.34. The van der Waals surface area contributed by atoms with Crippen molar-refractivity contribution in [3.8, 4) is 6.07 Å². The summed E-state index contributed by atoms with van der Waals surface area (Å²) in [4.78, 5) is 11.4. The number of hydrogen-bond donors (Lipinski definition) is 1. The number of nitriles is 1. The van der Waals surface area contributed by atoms with Crippen molar-refractivity contribution >= 4 is 27.5 Å². The zero-order valence-electron chi connectivity index (χ0n) is 11.3. The van der Waals surface area contributed by atoms with Gasteiger partial charge in [0.1, 0.15) is 6.07 Å². The van der Waals surface area contributed by atoms with Gasteiger partial charge in [-0.3, -0.25) is 4.79 Å². The van der Waals surface area contributed by atoms with Gasteiger partial charge in [0, 0.05) is 13.1 Å². The molecule has 0 bridgehead atoms. The van der Waals surface area contributed by atoms with Gasteiger partial charge in [-0.05, 0) is 31.5 Å². The molecule has 2 N–H and O–H groups in total. The molecule has 0 spiro atoms. The number of carbonyl (C=O) groups is 1. The molecule has 1 aromatic rings. The van der Waals surface area contributed by atoms with Gasteiger partial charge in [-0.2, -0.15) is 9.57 Å². The summed E-state index contributed by atoms with van der Waals surface area (Å²) in [7, 11) is -3.76. The second-order valence-corrected chi connectivity index (χ2v) is 7.61. The maximum absolute atomic E-state index is 12.5. The minimum absolute atomic E-state index is 0.000204. The highest BCUT2D eigenvalue weighted by Gasteiger charge is 2.43. The number of nitrogens with zero attached hydrogens (tertiary/aromatic N) is 2. The van der Waals surface area contributed by atoms with Gasteiger partial charge in [0.15, 0.2) is 0 Å². The Kier molecular flexibility index (Phi) is 3.97. The van der Waals surface area contributed by atoms with Gasteiger partial charge < -0.3 is 5.73 Å². The van der Waals surface area contributed by atoms with Gasteiger partial charge in [0.2, 0.25) is 15.9 Å². The summed E-state index contributed by atoms with van der Waals surface area (Å²) in [5, 5.41) is 8.89. The molecule has 1 aliphatic rings. The molecular weight excluding hydrogens is 314 g/mol. The zero-order chi connectivity index (χ0) is 15.8. The SMILES string of the molecule is CC1(C(N)=O)CCN(S(=O)(=O)c2ccc(C#N)c(Cl)c2)C1. The minimum Gasteiger partial charge on any atom is -0.369 e. The monoisotopic (exact) mass is 327 g/mol. The fourth-order valence-corrected chi connectivity index (χ4v) is 4.10. The Morgan fingerprint density at radius 1 is 1.52 bits per heavy atom. The molecule has 8 heteroatoms. The van der Waals surface area contributed by atoms with E-state index in [1.54, 1.807) is 6.92 Å². The average Bonchev–Trinajstić information content (AvgIpc) is 2.83. The normalized spacial score (nSPS) is 22.9. The molecule has 1 atom stereocenters. The minimum atomic E-state index is -3.76. The van der Waals surface area contributed by atoms with Crippen LogP contribution < -0.4 is 5.73 Å². The van der Waals surface area contributed by atoms with Crippen LogP contribution in [0.2, 0.25) is 5.02 Å². The number of carbonyl (C=O) groups excluding carboxylic acids is 1. The zero-order valence-corrected chi connectivity index (χ0v) is 12.9. The topological polar surface area (TPSA) is 104 Å². The molecule has 0 aromatic heterocycles. The fourth-order valence-electron chi connectivity index (χ4n) is 2.22. The lowest BCUT2D eigenvalue weighted by Crippen LogP contribution is -2.38. The predicted octanol–water partition coefficient (Wildman–Crippen LogP) is 1.10. The van der Waals surface area contributed by atoms with E-state index in [-0.39, 0.29) is 28.6 Å². The van der Waals surface area contributed by atoms with Gasteiger partial charge in [-0.1, -0.05) is 11.6 Å². The summed E-state index contributed by atoms with van der Waals surface area (Å²) in [5.74, 6) is -0.516. The van der Waals surface area contributed by atoms with Crippen LogP contribution in [0.15, 0.2) is 23.1 Å². The number of sulfonamides is 1. The lowest BCUT2D eigenvalue weighted by molar-refractivity contribution is -0.126. The Morgan fingerprint density at radius 2 is 2.19 bits per heavy atom. The summed E-state index contributed by atoms with van der Waals surface area (Å²) in [6, 6.07) is 5.81. The van der Waals surface area contributed by atoms with Crippen molar-refractivity contribution in [2.75, 3.05) is 13.1 Å². The van der Waals surface area contributed by atoms with Crippen molar-refractivity contribution in [3.05, 3.63) is 28.8 Å². The third kappa shape index (κ3) is 2.75. The summed E-state index contributed by atoms with van der Waals surface area (Å²) < 4.78 is 26.3. The van der Waals surface area contributed by atoms with Crippen LogP contribution in [-0.4, -0.2) is 31.7 Å². The first kappa shape index (κ1) is 15.8. The summed E-state index contributed by atoms with van der Waals surface area (Å²) in [6.45, 7) is 1.91. The summed E-state index contributed by atoms with van der Waals surface area (Å²) in [6.07, 6.45) is 0.381. The van der Waals surface area contributed by atoms with Crippen LogP contribution in [0, 0.1) is 16.7 Å². The van der Waals surface area contributed by atoms with Gasteiger partial charge in [-0.25, -0.2) is 8.42 Å². The number of primary amides is 1. The van der Waals surface area contributed by atoms with Crippen molar-refractivity contribution in [3.63, 3.8) is 0 Å². The van der Waals surface area contributed by atoms with Crippen molar-refractivity contribution in [1.29, 1.82) is 5.26 Å². The van der Waals surface area contributed by atoms with E-state index >= 15 is 0 Å². The van der Waals surface area contributed by atoms with E-state index in [0.29, 0.717) is 6.42 Å². The first-order valence-corrected chi connectivity index (χ1v) is 8.02. The standard InChI is InChI=1S/C13H14ClN3O3S/c1-13(12(16)18)4-5-17(8-13)21(19,20)10-3-2-9(7-15)11(14)6-10/h2-3,6H,4-5,8H2,1H3,(H2,16,18). The van der Waals surface area contributed by atoms with Crippen LogP contribution in [0.5, 0.6) is 0 Å². The van der Waals surface area contributed by atoms with Gasteiger partial charge in [-0.15, -0.1) is 0 Å². The Hall–Kier alpha value is -1.62. The highest BCUT2D eigenvalue weighted by Crippen LogP contribution is 2.33. The molecule has 1 aromatic carbocycles. The highest BCUT2D eigenvalue weighted by atomic mass is 35.5. The maximum atomic E-state index is 12.5. The van der Waals surface area contributed by atoms with Crippen molar-refractivity contribution in [1.82, 2.24) is 4.31 Å². The first-order chi connectivity index (χ1) is 9.70. The number of rotatable bonds is 3. The van der Waals surface area contributed by atoms with Crippen LogP contribution in [-0.2, 0) is 14.8 Å². The molecule has 1 saturated heterocycles. The molecule has 1 fully saturated rings. The number of amides is 1. The quantitative estimate of drug-likeness (QED) is 0.897. The molecule has 1 amide bonds. The number of hydrogen-bond acceptors (Lipinski definition) is 4. The number of nitrogens with two attached hydrogens (primary N) is 1. The predicted molar refractivity (Wildman–Crippen MR) is 76.8 cm³/mol. The third-order valence-corrected chi connectivity index (χ3v) is 5.89. The van der Waals surface area contributed by atoms with E-state index < -0.39 is 21.3 Å². The molecule has 1 heterocycles. The molecule has 21 heavy (non-hydrogen) atoms. The van der Waals surface area contributed by atoms with Gasteiger partial charge in [0.05, 0.1) is 20.9 Å². The van der Waals surface area contributed by atoms with Crippen LogP contribution >= 0.6 is 11.6 Å². The largest absolute Gasteiger partial charge is 0.369 e. The van der Waals surface area contributed by atoms with Gasteiger partial charge in [0.25, 0.3) is 0 Å². The number of halogens is 1. The van der Waals surface area contributed by atoms with Crippen LogP contribution in [0.25, 0.3) is 0 Å². The van der Waals surface area contributed by atoms with E-state index in [4.69, 9.17) is 22.6 Å². The smallest absolute Gasteiger partial charge is 0.243 e. The Morgan fingerprint density at radius 3 is 2.67 bits per heavy atom. The maximum Gasteiger partial charge on any atom is 0.243 e. The Labute approximate surface area is 128 Å². The lowest BCUT2D eigenvalue weighted by atomic mass is 9.89. The lowest BCUT2D eigenvalue weighted by Gasteiger charge is -2.21.